The van der Waals surface area contributed by atoms with Crippen LogP contribution in [0.3, 0.4) is 0 Å². The van der Waals surface area contributed by atoms with Gasteiger partial charge in [-0.15, -0.1) is 11.3 Å². The van der Waals surface area contributed by atoms with Gasteiger partial charge in [0, 0.05) is 25.4 Å². The topological polar surface area (TPSA) is 108 Å². The summed E-state index contributed by atoms with van der Waals surface area (Å²) in [5, 5.41) is 5.93. The number of allylic oxidation sites excluding steroid dienone is 2. The second-order valence-corrected chi connectivity index (χ2v) is 11.3. The average molecular weight is 505 g/mol. The van der Waals surface area contributed by atoms with Crippen molar-refractivity contribution >= 4 is 50.9 Å². The number of nitrogens with zero attached hydrogens (tertiary/aromatic N) is 1. The zero-order valence-corrected chi connectivity index (χ0v) is 20.1. The molecule has 0 fully saturated rings. The lowest BCUT2D eigenvalue weighted by Crippen LogP contribution is -2.42. The van der Waals surface area contributed by atoms with Gasteiger partial charge in [0.05, 0.1) is 22.5 Å². The molecule has 2 aliphatic rings. The quantitative estimate of drug-likeness (QED) is 0.576. The molecular formula is C22H21ClN4O4S2. The highest BCUT2D eigenvalue weighted by Crippen LogP contribution is 2.36. The molecule has 8 nitrogen and oxygen atoms in total. The summed E-state index contributed by atoms with van der Waals surface area (Å²) >= 11 is 6.68. The molecule has 1 aromatic heterocycles. The van der Waals surface area contributed by atoms with E-state index in [0.29, 0.717) is 21.3 Å². The number of urea groups is 1. The van der Waals surface area contributed by atoms with Crippen molar-refractivity contribution in [2.45, 2.75) is 16.7 Å². The molecule has 2 aromatic rings. The first-order valence-electron chi connectivity index (χ1n) is 9.91. The number of thiophene rings is 1. The average Bonchev–Trinajstić information content (AvgIpc) is 3.21. The summed E-state index contributed by atoms with van der Waals surface area (Å²) in [6.45, 7) is 0. The van der Waals surface area contributed by atoms with Gasteiger partial charge in [0.2, 0.25) is 0 Å². The fraction of sp³-hybridized carbons (Fsp3) is 0.182. The van der Waals surface area contributed by atoms with Gasteiger partial charge < -0.3 is 15.5 Å². The second-order valence-electron chi connectivity index (χ2n) is 7.64. The maximum atomic E-state index is 12.8. The Morgan fingerprint density at radius 1 is 1.21 bits per heavy atom. The van der Waals surface area contributed by atoms with E-state index in [-0.39, 0.29) is 16.4 Å². The minimum Gasteiger partial charge on any atom is -0.380 e. The van der Waals surface area contributed by atoms with E-state index in [4.69, 9.17) is 11.6 Å². The van der Waals surface area contributed by atoms with E-state index in [9.17, 15) is 18.0 Å². The Balaban J connectivity index is 1.68. The van der Waals surface area contributed by atoms with Gasteiger partial charge in [-0.1, -0.05) is 35.9 Å². The highest BCUT2D eigenvalue weighted by atomic mass is 35.5. The molecule has 0 saturated heterocycles. The van der Waals surface area contributed by atoms with Crippen molar-refractivity contribution in [3.63, 3.8) is 0 Å². The lowest BCUT2D eigenvalue weighted by Gasteiger charge is -2.32. The fourth-order valence-electron chi connectivity index (χ4n) is 3.73. The number of rotatable bonds is 5. The number of hydrogen-bond donors (Lipinski definition) is 3. The van der Waals surface area contributed by atoms with Crippen molar-refractivity contribution in [3.05, 3.63) is 81.1 Å². The van der Waals surface area contributed by atoms with Crippen LogP contribution in [-0.4, -0.2) is 39.2 Å². The van der Waals surface area contributed by atoms with Crippen LogP contribution >= 0.6 is 22.9 Å². The van der Waals surface area contributed by atoms with Crippen molar-refractivity contribution in [1.29, 1.82) is 0 Å². The first kappa shape index (κ1) is 23.1. The van der Waals surface area contributed by atoms with E-state index in [1.165, 1.54) is 18.2 Å². The van der Waals surface area contributed by atoms with Crippen LogP contribution < -0.4 is 15.4 Å². The standard InChI is InChI=1S/C22H21ClN4O4S2/c1-27(2)17-12-14(28)11-16(20-15-6-4-3-5-13(15)9-10-24-20)21(17)25-22(29)26-33(30,31)19-8-7-18(23)32-19/h3-11,20,24H,12H2,1-2H3,(H2,25,26,29). The summed E-state index contributed by atoms with van der Waals surface area (Å²) in [7, 11) is -0.583. The number of hydrogen-bond acceptors (Lipinski definition) is 7. The minimum atomic E-state index is -4.11. The Kier molecular flexibility index (Phi) is 6.33. The largest absolute Gasteiger partial charge is 0.380 e. The molecule has 11 heteroatoms. The van der Waals surface area contributed by atoms with Gasteiger partial charge in [-0.05, 0) is 41.6 Å². The predicted molar refractivity (Wildman–Crippen MR) is 128 cm³/mol. The molecule has 1 unspecified atom stereocenters. The van der Waals surface area contributed by atoms with E-state index >= 15 is 0 Å². The predicted octanol–water partition coefficient (Wildman–Crippen LogP) is 3.38. The van der Waals surface area contributed by atoms with Crippen LogP contribution in [0, 0.1) is 0 Å². The van der Waals surface area contributed by atoms with Gasteiger partial charge in [0.25, 0.3) is 10.0 Å². The first-order valence-corrected chi connectivity index (χ1v) is 12.6. The van der Waals surface area contributed by atoms with E-state index < -0.39 is 22.1 Å². The summed E-state index contributed by atoms with van der Waals surface area (Å²) in [4.78, 5) is 27.1. The molecule has 0 radical (unpaired) electrons. The molecule has 33 heavy (non-hydrogen) atoms. The maximum absolute atomic E-state index is 12.8. The lowest BCUT2D eigenvalue weighted by molar-refractivity contribution is -0.114. The molecule has 1 aliphatic carbocycles. The van der Waals surface area contributed by atoms with Crippen LogP contribution in [0.4, 0.5) is 4.79 Å². The molecule has 2 heterocycles. The van der Waals surface area contributed by atoms with Crippen LogP contribution in [0.1, 0.15) is 23.6 Å². The zero-order valence-electron chi connectivity index (χ0n) is 17.8. The smallest absolute Gasteiger partial charge is 0.333 e. The summed E-state index contributed by atoms with van der Waals surface area (Å²) in [6.07, 6.45) is 5.27. The van der Waals surface area contributed by atoms with Gasteiger partial charge in [-0.3, -0.25) is 4.79 Å². The summed E-state index contributed by atoms with van der Waals surface area (Å²) < 4.78 is 27.4. The number of benzene rings is 1. The van der Waals surface area contributed by atoms with Crippen LogP contribution in [0.2, 0.25) is 4.34 Å². The highest BCUT2D eigenvalue weighted by Gasteiger charge is 2.31. The number of amides is 2. The Bertz CT molecular complexity index is 1330. The van der Waals surface area contributed by atoms with E-state index in [0.717, 1.165) is 22.5 Å². The number of carbonyl (C=O) groups is 2. The maximum Gasteiger partial charge on any atom is 0.333 e. The number of carbonyl (C=O) groups excluding carboxylic acids is 2. The lowest BCUT2D eigenvalue weighted by atomic mass is 9.86. The monoisotopic (exact) mass is 504 g/mol. The van der Waals surface area contributed by atoms with Crippen LogP contribution in [0.25, 0.3) is 6.08 Å². The third kappa shape index (κ3) is 4.82. The van der Waals surface area contributed by atoms with Gasteiger partial charge >= 0.3 is 6.03 Å². The third-order valence-electron chi connectivity index (χ3n) is 5.20. The van der Waals surface area contributed by atoms with E-state index in [1.54, 1.807) is 25.2 Å². The van der Waals surface area contributed by atoms with Crippen LogP contribution in [0.5, 0.6) is 0 Å². The Morgan fingerprint density at radius 3 is 2.67 bits per heavy atom. The first-order chi connectivity index (χ1) is 15.7. The van der Waals surface area contributed by atoms with Gasteiger partial charge in [-0.25, -0.2) is 17.9 Å². The molecule has 1 aliphatic heterocycles. The van der Waals surface area contributed by atoms with E-state index in [1.807, 2.05) is 35.1 Å². The third-order valence-corrected chi connectivity index (χ3v) is 8.25. The van der Waals surface area contributed by atoms with E-state index in [2.05, 4.69) is 10.6 Å². The summed E-state index contributed by atoms with van der Waals surface area (Å²) in [5.74, 6) is -0.116. The molecule has 1 aromatic carbocycles. The molecule has 1 atom stereocenters. The molecule has 2 amide bonds. The van der Waals surface area contributed by atoms with Gasteiger partial charge in [-0.2, -0.15) is 0 Å². The molecule has 3 N–H and O–H groups in total. The Morgan fingerprint density at radius 2 is 1.97 bits per heavy atom. The minimum absolute atomic E-state index is 0.0730. The fourth-order valence-corrected chi connectivity index (χ4v) is 6.12. The zero-order chi connectivity index (χ0) is 23.8. The number of fused-ring (bicyclic) bond motifs is 1. The molecular weight excluding hydrogens is 484 g/mol. The molecule has 0 saturated carbocycles. The van der Waals surface area contributed by atoms with Crippen LogP contribution in [-0.2, 0) is 14.8 Å². The molecule has 4 rings (SSSR count). The van der Waals surface area contributed by atoms with Crippen molar-refractivity contribution < 1.29 is 18.0 Å². The second kappa shape index (κ2) is 9.05. The summed E-state index contributed by atoms with van der Waals surface area (Å²) in [5.41, 5.74) is 3.39. The van der Waals surface area contributed by atoms with Crippen molar-refractivity contribution in [3.8, 4) is 0 Å². The van der Waals surface area contributed by atoms with Crippen molar-refractivity contribution in [1.82, 2.24) is 20.3 Å². The Labute approximate surface area is 200 Å². The molecule has 172 valence electrons. The van der Waals surface area contributed by atoms with Gasteiger partial charge in [0.1, 0.15) is 4.21 Å². The SMILES string of the molecule is CN(C)C1=C(NC(=O)NS(=O)(=O)c2ccc(Cl)s2)C(C2NC=Cc3ccccc32)=CC(=O)C1. The van der Waals surface area contributed by atoms with Gasteiger partial charge in [0.15, 0.2) is 5.78 Å². The number of halogens is 1. The van der Waals surface area contributed by atoms with Crippen LogP contribution in [0.15, 0.2) is 69.9 Å². The van der Waals surface area contributed by atoms with Crippen molar-refractivity contribution in [2.24, 2.45) is 0 Å². The Hall–Kier alpha value is -3.08. The molecule has 0 spiro atoms. The number of nitrogens with one attached hydrogen (secondary N) is 3. The number of ketones is 1. The highest BCUT2D eigenvalue weighted by molar-refractivity contribution is 7.92. The number of sulfonamides is 1. The van der Waals surface area contributed by atoms with Crippen molar-refractivity contribution in [2.75, 3.05) is 14.1 Å². The molecule has 0 bridgehead atoms. The normalized spacial score (nSPS) is 17.7. The summed E-state index contributed by atoms with van der Waals surface area (Å²) in [6, 6.07) is 9.14.